The van der Waals surface area contributed by atoms with Gasteiger partial charge in [-0.3, -0.25) is 17.7 Å². The third-order valence-electron chi connectivity index (χ3n) is 1.17. The molecule has 0 aliphatic heterocycles. The molecule has 0 aliphatic rings. The van der Waals surface area contributed by atoms with Crippen LogP contribution in [0.25, 0.3) is 0 Å². The summed E-state index contributed by atoms with van der Waals surface area (Å²) in [6, 6.07) is 8.45. The van der Waals surface area contributed by atoms with E-state index in [2.05, 4.69) is 38.1 Å². The standard InChI is InChI=1S/C8H10.BF3.FH/c1-7-4-3-5-8(2)6-7;2-1(3)4;/h3-6H,1-2H3;;1H. The first kappa shape index (κ1) is 14.5. The quantitative estimate of drug-likeness (QED) is 0.438. The van der Waals surface area contributed by atoms with Gasteiger partial charge in [-0.2, -0.15) is 0 Å². The lowest BCUT2D eigenvalue weighted by Crippen LogP contribution is -1.76. The van der Waals surface area contributed by atoms with Crippen molar-refractivity contribution >= 4 is 7.54 Å². The second kappa shape index (κ2) is 7.64. The van der Waals surface area contributed by atoms with E-state index in [9.17, 15) is 12.9 Å². The first-order valence-corrected chi connectivity index (χ1v) is 3.48. The Morgan fingerprint density at radius 3 is 1.46 bits per heavy atom. The molecule has 0 aliphatic carbocycles. The van der Waals surface area contributed by atoms with Crippen molar-refractivity contribution in [3.63, 3.8) is 0 Å². The molecule has 0 aromatic heterocycles. The molecule has 5 heteroatoms. The summed E-state index contributed by atoms with van der Waals surface area (Å²) >= 11 is 0. The summed E-state index contributed by atoms with van der Waals surface area (Å²) in [6.07, 6.45) is 0. The first-order chi connectivity index (χ1) is 5.52. The monoisotopic (exact) mass is 194 g/mol. The molecule has 0 saturated carbocycles. The van der Waals surface area contributed by atoms with Crippen molar-refractivity contribution in [2.45, 2.75) is 13.8 Å². The summed E-state index contributed by atoms with van der Waals surface area (Å²) in [5.74, 6) is 0. The second-order valence-corrected chi connectivity index (χ2v) is 2.41. The Morgan fingerprint density at radius 1 is 1.00 bits per heavy atom. The van der Waals surface area contributed by atoms with E-state index in [0.29, 0.717) is 0 Å². The molecule has 0 radical (unpaired) electrons. The van der Waals surface area contributed by atoms with Crippen LogP contribution in [-0.2, 0) is 0 Å². The Labute approximate surface area is 75.4 Å². The molecule has 13 heavy (non-hydrogen) atoms. The van der Waals surface area contributed by atoms with Gasteiger partial charge in [-0.05, 0) is 13.8 Å². The Bertz CT molecular complexity index is 207. The molecule has 0 amide bonds. The maximum Gasteiger partial charge on any atom is 0.762 e. The zero-order valence-corrected chi connectivity index (χ0v) is 7.43. The minimum absolute atomic E-state index is 0. The van der Waals surface area contributed by atoms with Crippen molar-refractivity contribution in [3.8, 4) is 0 Å². The highest BCUT2D eigenvalue weighted by molar-refractivity contribution is 6.33. The first-order valence-electron chi connectivity index (χ1n) is 3.48. The fourth-order valence-electron chi connectivity index (χ4n) is 0.807. The van der Waals surface area contributed by atoms with Crippen LogP contribution in [0.2, 0.25) is 0 Å². The van der Waals surface area contributed by atoms with Crippen LogP contribution in [0.15, 0.2) is 24.3 Å². The third-order valence-corrected chi connectivity index (χ3v) is 1.17. The van der Waals surface area contributed by atoms with E-state index in [1.54, 1.807) is 0 Å². The summed E-state index contributed by atoms with van der Waals surface area (Å²) in [7, 11) is -3.67. The predicted molar refractivity (Wildman–Crippen MR) is 47.5 cm³/mol. The molecule has 0 unspecified atom stereocenters. The average molecular weight is 194 g/mol. The molecule has 1 aromatic rings. The van der Waals surface area contributed by atoms with Crippen LogP contribution in [0.4, 0.5) is 17.7 Å². The molecule has 0 nitrogen and oxygen atoms in total. The average Bonchev–Trinajstić information content (AvgIpc) is 1.84. The van der Waals surface area contributed by atoms with Crippen molar-refractivity contribution < 1.29 is 17.7 Å². The van der Waals surface area contributed by atoms with Crippen LogP contribution in [0.5, 0.6) is 0 Å². The van der Waals surface area contributed by atoms with Crippen LogP contribution in [0.1, 0.15) is 11.1 Å². The second-order valence-electron chi connectivity index (χ2n) is 2.41. The van der Waals surface area contributed by atoms with Crippen molar-refractivity contribution in [1.82, 2.24) is 0 Å². The fourth-order valence-corrected chi connectivity index (χ4v) is 0.807. The van der Waals surface area contributed by atoms with Crippen LogP contribution >= 0.6 is 0 Å². The number of aryl methyl sites for hydroxylation is 2. The van der Waals surface area contributed by atoms with E-state index in [1.807, 2.05) is 0 Å². The maximum atomic E-state index is 9.67. The smallest absolute Gasteiger partial charge is 0.269 e. The van der Waals surface area contributed by atoms with Crippen molar-refractivity contribution in [3.05, 3.63) is 35.4 Å². The lowest BCUT2D eigenvalue weighted by atomic mass is 10.2. The lowest BCUT2D eigenvalue weighted by molar-refractivity contribution is 0.535. The molecular weight excluding hydrogens is 183 g/mol. The molecule has 0 spiro atoms. The lowest BCUT2D eigenvalue weighted by Gasteiger charge is -1.90. The minimum Gasteiger partial charge on any atom is -0.269 e. The minimum atomic E-state index is -3.67. The number of hydrogen-bond donors (Lipinski definition) is 0. The highest BCUT2D eigenvalue weighted by Crippen LogP contribution is 2.00. The third kappa shape index (κ3) is 11.0. The van der Waals surface area contributed by atoms with Crippen molar-refractivity contribution in [2.75, 3.05) is 0 Å². The Hall–Kier alpha value is -0.995. The number of rotatable bonds is 0. The molecule has 0 bridgehead atoms. The molecule has 1 aromatic carbocycles. The zero-order chi connectivity index (χ0) is 9.56. The van der Waals surface area contributed by atoms with Gasteiger partial charge in [-0.15, -0.1) is 0 Å². The molecule has 0 heterocycles. The summed E-state index contributed by atoms with van der Waals surface area (Å²) in [5, 5.41) is 0. The van der Waals surface area contributed by atoms with E-state index in [-0.39, 0.29) is 4.70 Å². The van der Waals surface area contributed by atoms with Gasteiger partial charge in [0.15, 0.2) is 0 Å². The summed E-state index contributed by atoms with van der Waals surface area (Å²) < 4.78 is 29.0. The van der Waals surface area contributed by atoms with Gasteiger partial charge in [0, 0.05) is 0 Å². The molecule has 0 fully saturated rings. The molecule has 0 atom stereocenters. The summed E-state index contributed by atoms with van der Waals surface area (Å²) in [4.78, 5) is 0. The van der Waals surface area contributed by atoms with Crippen molar-refractivity contribution in [1.29, 1.82) is 0 Å². The van der Waals surface area contributed by atoms with Crippen LogP contribution in [0.3, 0.4) is 0 Å². The van der Waals surface area contributed by atoms with Gasteiger partial charge in [-0.25, -0.2) is 0 Å². The van der Waals surface area contributed by atoms with Crippen LogP contribution < -0.4 is 0 Å². The topological polar surface area (TPSA) is 0 Å². The normalized spacial score (nSPS) is 7.77. The van der Waals surface area contributed by atoms with Gasteiger partial charge in [0.2, 0.25) is 0 Å². The van der Waals surface area contributed by atoms with Gasteiger partial charge in [0.05, 0.1) is 0 Å². The van der Waals surface area contributed by atoms with E-state index >= 15 is 0 Å². The predicted octanol–water partition coefficient (Wildman–Crippen LogP) is 3.34. The molecule has 0 saturated heterocycles. The number of halogens is 4. The highest BCUT2D eigenvalue weighted by atomic mass is 19.4. The van der Waals surface area contributed by atoms with Gasteiger partial charge in [0.1, 0.15) is 0 Å². The van der Waals surface area contributed by atoms with E-state index < -0.39 is 7.54 Å². The van der Waals surface area contributed by atoms with E-state index in [1.165, 1.54) is 11.1 Å². The van der Waals surface area contributed by atoms with Gasteiger partial charge < -0.3 is 0 Å². The Balaban J connectivity index is 0. The molecular formula is C8H11BF4. The van der Waals surface area contributed by atoms with Crippen molar-refractivity contribution in [2.24, 2.45) is 0 Å². The summed E-state index contributed by atoms with van der Waals surface area (Å²) in [5.41, 5.74) is 2.68. The number of benzene rings is 1. The zero-order valence-electron chi connectivity index (χ0n) is 7.43. The highest BCUT2D eigenvalue weighted by Gasteiger charge is 2.06. The van der Waals surface area contributed by atoms with Gasteiger partial charge in [-0.1, -0.05) is 35.4 Å². The summed E-state index contributed by atoms with van der Waals surface area (Å²) in [6.45, 7) is 4.21. The maximum absolute atomic E-state index is 9.67. The SMILES string of the molecule is Cc1cccc(C)c1.F.FB(F)F. The number of hydrogen-bond acceptors (Lipinski definition) is 0. The molecule has 1 rings (SSSR count). The molecule has 0 N–H and O–H groups in total. The van der Waals surface area contributed by atoms with E-state index in [0.717, 1.165) is 0 Å². The largest absolute Gasteiger partial charge is 0.762 e. The Kier molecular flexibility index (Phi) is 8.54. The van der Waals surface area contributed by atoms with Gasteiger partial charge >= 0.3 is 7.54 Å². The van der Waals surface area contributed by atoms with Crippen LogP contribution in [-0.4, -0.2) is 7.54 Å². The van der Waals surface area contributed by atoms with Crippen LogP contribution in [0, 0.1) is 13.8 Å². The van der Waals surface area contributed by atoms with E-state index in [4.69, 9.17) is 0 Å². The molecule has 74 valence electrons. The Morgan fingerprint density at radius 2 is 1.31 bits per heavy atom. The van der Waals surface area contributed by atoms with Gasteiger partial charge in [0.25, 0.3) is 0 Å². The fraction of sp³-hybridized carbons (Fsp3) is 0.250.